The van der Waals surface area contributed by atoms with Crippen molar-refractivity contribution in [1.29, 1.82) is 0 Å². The fourth-order valence-electron chi connectivity index (χ4n) is 4.06. The van der Waals surface area contributed by atoms with Gasteiger partial charge in [-0.3, -0.25) is 4.79 Å². The van der Waals surface area contributed by atoms with Crippen LogP contribution in [-0.4, -0.2) is 23.9 Å². The Hall–Kier alpha value is -3.13. The molecule has 0 unspecified atom stereocenters. The molecule has 1 aliphatic heterocycles. The van der Waals surface area contributed by atoms with E-state index in [0.29, 0.717) is 5.92 Å². The Balaban J connectivity index is 1.48. The Labute approximate surface area is 173 Å². The lowest BCUT2D eigenvalue weighted by atomic mass is 9.89. The summed E-state index contributed by atoms with van der Waals surface area (Å²) in [6, 6.07) is 30.8. The fourth-order valence-corrected chi connectivity index (χ4v) is 4.06. The van der Waals surface area contributed by atoms with Crippen molar-refractivity contribution >= 4 is 17.6 Å². The predicted molar refractivity (Wildman–Crippen MR) is 120 cm³/mol. The van der Waals surface area contributed by atoms with Gasteiger partial charge in [0.05, 0.1) is 0 Å². The second kappa shape index (κ2) is 9.38. The van der Waals surface area contributed by atoms with E-state index in [0.717, 1.165) is 49.1 Å². The van der Waals surface area contributed by atoms with Crippen LogP contribution in [0.3, 0.4) is 0 Å². The zero-order valence-electron chi connectivity index (χ0n) is 16.7. The van der Waals surface area contributed by atoms with E-state index in [-0.39, 0.29) is 5.91 Å². The zero-order chi connectivity index (χ0) is 19.9. The molecule has 1 amide bonds. The van der Waals surface area contributed by atoms with Gasteiger partial charge in [-0.1, -0.05) is 91.0 Å². The van der Waals surface area contributed by atoms with Crippen molar-refractivity contribution in [2.45, 2.75) is 19.3 Å². The smallest absolute Gasteiger partial charge is 0.254 e. The molecule has 0 saturated carbocycles. The summed E-state index contributed by atoms with van der Waals surface area (Å²) in [5.74, 6) is 0.790. The number of benzene rings is 3. The van der Waals surface area contributed by atoms with Crippen LogP contribution in [0.4, 0.5) is 0 Å². The maximum atomic E-state index is 13.4. The molecule has 4 rings (SSSR count). The third-order valence-corrected chi connectivity index (χ3v) is 5.69. The first-order valence-electron chi connectivity index (χ1n) is 10.4. The summed E-state index contributed by atoms with van der Waals surface area (Å²) in [5, 5.41) is 0. The molecule has 1 aliphatic rings. The summed E-state index contributed by atoms with van der Waals surface area (Å²) in [7, 11) is 0. The van der Waals surface area contributed by atoms with Crippen molar-refractivity contribution in [3.05, 3.63) is 108 Å². The van der Waals surface area contributed by atoms with Gasteiger partial charge in [0.1, 0.15) is 0 Å². The Morgan fingerprint density at radius 1 is 0.793 bits per heavy atom. The van der Waals surface area contributed by atoms with Gasteiger partial charge in [-0.25, -0.2) is 0 Å². The standard InChI is InChI=1S/C27H27NO/c29-27(28-18-16-24(17-19-28)20-22-10-4-1-5-11-22)26(25-14-8-3-9-15-25)21-23-12-6-2-7-13-23/h1-15,21,24H,16-20H2/b26-21-. The van der Waals surface area contributed by atoms with E-state index in [1.54, 1.807) is 0 Å². The molecule has 1 fully saturated rings. The molecule has 2 nitrogen and oxygen atoms in total. The van der Waals surface area contributed by atoms with Crippen LogP contribution in [0.2, 0.25) is 0 Å². The molecule has 3 aromatic carbocycles. The van der Waals surface area contributed by atoms with Crippen LogP contribution >= 0.6 is 0 Å². The minimum absolute atomic E-state index is 0.137. The molecule has 0 aromatic heterocycles. The highest BCUT2D eigenvalue weighted by Gasteiger charge is 2.25. The van der Waals surface area contributed by atoms with Gasteiger partial charge in [0.25, 0.3) is 5.91 Å². The van der Waals surface area contributed by atoms with E-state index in [1.807, 2.05) is 71.6 Å². The Bertz CT molecular complexity index is 940. The van der Waals surface area contributed by atoms with Crippen LogP contribution in [0.5, 0.6) is 0 Å². The number of carbonyl (C=O) groups is 1. The highest BCUT2D eigenvalue weighted by Crippen LogP contribution is 2.26. The van der Waals surface area contributed by atoms with Crippen LogP contribution in [-0.2, 0) is 11.2 Å². The Kier molecular flexibility index (Phi) is 6.21. The molecule has 146 valence electrons. The Morgan fingerprint density at radius 2 is 1.34 bits per heavy atom. The van der Waals surface area contributed by atoms with Crippen LogP contribution in [0.1, 0.15) is 29.5 Å². The van der Waals surface area contributed by atoms with Gasteiger partial charge in [0, 0.05) is 18.7 Å². The van der Waals surface area contributed by atoms with Crippen molar-refractivity contribution in [3.63, 3.8) is 0 Å². The summed E-state index contributed by atoms with van der Waals surface area (Å²) >= 11 is 0. The molecule has 0 spiro atoms. The van der Waals surface area contributed by atoms with E-state index in [4.69, 9.17) is 0 Å². The van der Waals surface area contributed by atoms with Crippen molar-refractivity contribution in [2.24, 2.45) is 5.92 Å². The lowest BCUT2D eigenvalue weighted by molar-refractivity contribution is -0.126. The number of carbonyl (C=O) groups excluding carboxylic acids is 1. The first-order valence-corrected chi connectivity index (χ1v) is 10.4. The van der Waals surface area contributed by atoms with Crippen molar-refractivity contribution < 1.29 is 4.79 Å². The normalized spacial score (nSPS) is 15.3. The van der Waals surface area contributed by atoms with Crippen LogP contribution in [0.25, 0.3) is 11.6 Å². The quantitative estimate of drug-likeness (QED) is 0.409. The third kappa shape index (κ3) is 5.03. The van der Waals surface area contributed by atoms with Gasteiger partial charge < -0.3 is 4.90 Å². The molecule has 0 aliphatic carbocycles. The molecule has 0 bridgehead atoms. The number of likely N-dealkylation sites (tertiary alicyclic amines) is 1. The minimum Gasteiger partial charge on any atom is -0.339 e. The van der Waals surface area contributed by atoms with Crippen molar-refractivity contribution in [2.75, 3.05) is 13.1 Å². The molecule has 0 atom stereocenters. The van der Waals surface area contributed by atoms with E-state index in [9.17, 15) is 4.79 Å². The lowest BCUT2D eigenvalue weighted by Gasteiger charge is -2.33. The summed E-state index contributed by atoms with van der Waals surface area (Å²) in [6.45, 7) is 1.66. The summed E-state index contributed by atoms with van der Waals surface area (Å²) in [4.78, 5) is 15.5. The maximum Gasteiger partial charge on any atom is 0.254 e. The highest BCUT2D eigenvalue weighted by atomic mass is 16.2. The average Bonchev–Trinajstić information content (AvgIpc) is 2.79. The molecule has 2 heteroatoms. The van der Waals surface area contributed by atoms with Crippen molar-refractivity contribution in [3.8, 4) is 0 Å². The fraction of sp³-hybridized carbons (Fsp3) is 0.222. The monoisotopic (exact) mass is 381 g/mol. The van der Waals surface area contributed by atoms with Crippen molar-refractivity contribution in [1.82, 2.24) is 4.90 Å². The van der Waals surface area contributed by atoms with E-state index >= 15 is 0 Å². The Morgan fingerprint density at radius 3 is 1.97 bits per heavy atom. The topological polar surface area (TPSA) is 20.3 Å². The average molecular weight is 382 g/mol. The largest absolute Gasteiger partial charge is 0.339 e. The molecule has 0 N–H and O–H groups in total. The van der Waals surface area contributed by atoms with Gasteiger partial charge in [0.2, 0.25) is 0 Å². The minimum atomic E-state index is 0.137. The lowest BCUT2D eigenvalue weighted by Crippen LogP contribution is -2.39. The number of rotatable bonds is 5. The molecule has 1 heterocycles. The van der Waals surface area contributed by atoms with Crippen LogP contribution < -0.4 is 0 Å². The zero-order valence-corrected chi connectivity index (χ0v) is 16.7. The van der Waals surface area contributed by atoms with Gasteiger partial charge >= 0.3 is 0 Å². The molecule has 3 aromatic rings. The molecular formula is C27H27NO. The number of piperidine rings is 1. The molecule has 1 saturated heterocycles. The van der Waals surface area contributed by atoms with E-state index < -0.39 is 0 Å². The van der Waals surface area contributed by atoms with Crippen LogP contribution in [0.15, 0.2) is 91.0 Å². The molecular weight excluding hydrogens is 354 g/mol. The van der Waals surface area contributed by atoms with Gasteiger partial charge in [-0.15, -0.1) is 0 Å². The predicted octanol–water partition coefficient (Wildman–Crippen LogP) is 5.71. The summed E-state index contributed by atoms with van der Waals surface area (Å²) in [5.41, 5.74) is 4.20. The van der Waals surface area contributed by atoms with Gasteiger partial charge in [-0.05, 0) is 47.9 Å². The highest BCUT2D eigenvalue weighted by molar-refractivity contribution is 6.24. The van der Waals surface area contributed by atoms with E-state index in [1.165, 1.54) is 5.56 Å². The molecule has 29 heavy (non-hydrogen) atoms. The second-order valence-corrected chi connectivity index (χ2v) is 7.76. The SMILES string of the molecule is O=C(/C(=C\c1ccccc1)c1ccccc1)N1CCC(Cc2ccccc2)CC1. The number of nitrogens with zero attached hydrogens (tertiary/aromatic N) is 1. The number of hydrogen-bond acceptors (Lipinski definition) is 1. The third-order valence-electron chi connectivity index (χ3n) is 5.69. The van der Waals surface area contributed by atoms with Gasteiger partial charge in [0.15, 0.2) is 0 Å². The summed E-state index contributed by atoms with van der Waals surface area (Å²) in [6.07, 6.45) is 5.25. The number of amides is 1. The van der Waals surface area contributed by atoms with E-state index in [2.05, 4.69) is 30.3 Å². The number of hydrogen-bond donors (Lipinski definition) is 0. The maximum absolute atomic E-state index is 13.4. The summed E-state index contributed by atoms with van der Waals surface area (Å²) < 4.78 is 0. The molecule has 0 radical (unpaired) electrons. The first-order chi connectivity index (χ1) is 14.3. The first kappa shape index (κ1) is 19.2. The second-order valence-electron chi connectivity index (χ2n) is 7.76. The van der Waals surface area contributed by atoms with Gasteiger partial charge in [-0.2, -0.15) is 0 Å². The van der Waals surface area contributed by atoms with Crippen LogP contribution in [0, 0.1) is 5.92 Å².